The number of aromatic nitrogens is 1. The Balaban J connectivity index is 1.66. The molecule has 2 aromatic carbocycles. The van der Waals surface area contributed by atoms with Crippen LogP contribution in [-0.2, 0) is 32.0 Å². The molecule has 3 amide bonds. The molecule has 0 spiro atoms. The zero-order valence-corrected chi connectivity index (χ0v) is 24.4. The van der Waals surface area contributed by atoms with Crippen LogP contribution in [0.5, 0.6) is 0 Å². The Labute approximate surface area is 244 Å². The van der Waals surface area contributed by atoms with Crippen molar-refractivity contribution in [3.63, 3.8) is 0 Å². The number of H-pyrrole nitrogens is 1. The van der Waals surface area contributed by atoms with Crippen LogP contribution in [0.2, 0.25) is 0 Å². The first-order valence-electron chi connectivity index (χ1n) is 13.6. The van der Waals surface area contributed by atoms with E-state index in [2.05, 4.69) is 20.9 Å². The maximum Gasteiger partial charge on any atom is 0.326 e. The molecule has 0 saturated heterocycles. The molecule has 4 atom stereocenters. The lowest BCUT2D eigenvalue weighted by molar-refractivity contribution is -0.142. The van der Waals surface area contributed by atoms with Gasteiger partial charge in [-0.3, -0.25) is 14.4 Å². The molecule has 1 heterocycles. The molecule has 0 fully saturated rings. The molecule has 1 aromatic heterocycles. The third-order valence-corrected chi connectivity index (χ3v) is 7.48. The predicted molar refractivity (Wildman–Crippen MR) is 161 cm³/mol. The number of carboxylic acid groups (broad SMARTS) is 1. The number of carboxylic acids is 1. The van der Waals surface area contributed by atoms with Gasteiger partial charge < -0.3 is 31.8 Å². The number of hydrogen-bond acceptors (Lipinski definition) is 6. The Morgan fingerprint density at radius 1 is 0.878 bits per heavy atom. The summed E-state index contributed by atoms with van der Waals surface area (Å²) in [6.07, 6.45) is 4.36. The van der Waals surface area contributed by atoms with Crippen molar-refractivity contribution in [3.8, 4) is 0 Å². The Morgan fingerprint density at radius 2 is 1.54 bits per heavy atom. The number of nitrogens with two attached hydrogens (primary N) is 1. The number of thioether (sulfide) groups is 1. The van der Waals surface area contributed by atoms with Gasteiger partial charge in [-0.25, -0.2) is 4.79 Å². The van der Waals surface area contributed by atoms with Gasteiger partial charge in [-0.1, -0.05) is 62.4 Å². The van der Waals surface area contributed by atoms with Gasteiger partial charge in [0.05, 0.1) is 6.04 Å². The highest BCUT2D eigenvalue weighted by molar-refractivity contribution is 7.98. The lowest BCUT2D eigenvalue weighted by Gasteiger charge is -2.27. The fourth-order valence-electron chi connectivity index (χ4n) is 4.51. The molecule has 0 aliphatic heterocycles. The topological polar surface area (TPSA) is 166 Å². The van der Waals surface area contributed by atoms with Crippen molar-refractivity contribution >= 4 is 46.4 Å². The summed E-state index contributed by atoms with van der Waals surface area (Å²) >= 11 is 1.50. The van der Waals surface area contributed by atoms with Crippen LogP contribution in [0.3, 0.4) is 0 Å². The van der Waals surface area contributed by atoms with Gasteiger partial charge in [-0.15, -0.1) is 0 Å². The van der Waals surface area contributed by atoms with E-state index in [9.17, 15) is 24.3 Å². The van der Waals surface area contributed by atoms with Crippen molar-refractivity contribution in [1.82, 2.24) is 20.9 Å². The van der Waals surface area contributed by atoms with Crippen LogP contribution in [0.4, 0.5) is 0 Å². The third-order valence-electron chi connectivity index (χ3n) is 6.84. The van der Waals surface area contributed by atoms with Gasteiger partial charge in [-0.2, -0.15) is 11.8 Å². The molecule has 11 heteroatoms. The van der Waals surface area contributed by atoms with Crippen molar-refractivity contribution in [1.29, 1.82) is 0 Å². The van der Waals surface area contributed by atoms with Gasteiger partial charge in [0.15, 0.2) is 0 Å². The molecule has 220 valence electrons. The van der Waals surface area contributed by atoms with E-state index in [1.807, 2.05) is 42.8 Å². The molecule has 0 aliphatic rings. The minimum absolute atomic E-state index is 0.101. The number of hydrogen-bond donors (Lipinski definition) is 6. The SMILES string of the molecule is CSCCC(NC(=O)C(NC(=O)C(N)Cc1c[nH]c2ccccc12)C(C)C)C(=O)NC(Cc1ccccc1)C(=O)O. The highest BCUT2D eigenvalue weighted by atomic mass is 32.2. The van der Waals surface area contributed by atoms with E-state index in [1.54, 1.807) is 38.1 Å². The zero-order chi connectivity index (χ0) is 29.9. The predicted octanol–water partition coefficient (Wildman–Crippen LogP) is 2.23. The van der Waals surface area contributed by atoms with Gasteiger partial charge in [0.1, 0.15) is 18.1 Å². The number of para-hydroxylation sites is 1. The summed E-state index contributed by atoms with van der Waals surface area (Å²) in [6.45, 7) is 3.57. The monoisotopic (exact) mass is 581 g/mol. The largest absolute Gasteiger partial charge is 0.480 e. The second-order valence-corrected chi connectivity index (χ2v) is 11.3. The molecular weight excluding hydrogens is 542 g/mol. The molecule has 10 nitrogen and oxygen atoms in total. The molecule has 3 aromatic rings. The van der Waals surface area contributed by atoms with Crippen LogP contribution in [0, 0.1) is 5.92 Å². The maximum atomic E-state index is 13.3. The third kappa shape index (κ3) is 9.09. The maximum absolute atomic E-state index is 13.3. The number of nitrogens with one attached hydrogen (secondary N) is 4. The number of aliphatic carboxylic acids is 1. The van der Waals surface area contributed by atoms with E-state index in [4.69, 9.17) is 5.73 Å². The van der Waals surface area contributed by atoms with Crippen molar-refractivity contribution in [2.24, 2.45) is 11.7 Å². The van der Waals surface area contributed by atoms with Gasteiger partial charge >= 0.3 is 5.97 Å². The van der Waals surface area contributed by atoms with Crippen molar-refractivity contribution in [2.45, 2.75) is 57.3 Å². The van der Waals surface area contributed by atoms with Crippen molar-refractivity contribution in [3.05, 3.63) is 71.9 Å². The lowest BCUT2D eigenvalue weighted by atomic mass is 10.0. The molecule has 0 radical (unpaired) electrons. The number of amides is 3. The number of fused-ring (bicyclic) bond motifs is 1. The quantitative estimate of drug-likeness (QED) is 0.160. The number of benzene rings is 2. The van der Waals surface area contributed by atoms with Gasteiger partial charge in [0.2, 0.25) is 17.7 Å². The summed E-state index contributed by atoms with van der Waals surface area (Å²) in [5.41, 5.74) is 8.83. The molecule has 0 saturated carbocycles. The molecule has 7 N–H and O–H groups in total. The summed E-state index contributed by atoms with van der Waals surface area (Å²) in [5, 5.41) is 18.8. The van der Waals surface area contributed by atoms with Crippen LogP contribution < -0.4 is 21.7 Å². The van der Waals surface area contributed by atoms with Crippen LogP contribution in [0.1, 0.15) is 31.4 Å². The average molecular weight is 582 g/mol. The Bertz CT molecular complexity index is 1330. The summed E-state index contributed by atoms with van der Waals surface area (Å²) in [4.78, 5) is 54.6. The first kappa shape index (κ1) is 31.7. The smallest absolute Gasteiger partial charge is 0.326 e. The standard InChI is InChI=1S/C30H39N5O5S/c1-18(2)26(35-27(36)22(31)16-20-17-32-23-12-8-7-11-21(20)23)29(38)33-24(13-14-41-3)28(37)34-25(30(39)40)15-19-9-5-4-6-10-19/h4-12,17-18,22,24-26,32H,13-16,31H2,1-3H3,(H,33,38)(H,34,37)(H,35,36)(H,39,40). The summed E-state index contributed by atoms with van der Waals surface area (Å²) in [6, 6.07) is 12.7. The van der Waals surface area contributed by atoms with Crippen LogP contribution >= 0.6 is 11.8 Å². The van der Waals surface area contributed by atoms with E-state index in [1.165, 1.54) is 11.8 Å². The Hall–Kier alpha value is -3.83. The zero-order valence-electron chi connectivity index (χ0n) is 23.6. The molecule has 0 aliphatic carbocycles. The second-order valence-electron chi connectivity index (χ2n) is 10.3. The fourth-order valence-corrected chi connectivity index (χ4v) is 4.98. The molecule has 4 unspecified atom stereocenters. The molecule has 0 bridgehead atoms. The summed E-state index contributed by atoms with van der Waals surface area (Å²) in [7, 11) is 0. The Morgan fingerprint density at radius 3 is 2.20 bits per heavy atom. The van der Waals surface area contributed by atoms with E-state index >= 15 is 0 Å². The van der Waals surface area contributed by atoms with Gasteiger partial charge in [0.25, 0.3) is 0 Å². The highest BCUT2D eigenvalue weighted by Gasteiger charge is 2.31. The van der Waals surface area contributed by atoms with E-state index in [0.29, 0.717) is 5.75 Å². The van der Waals surface area contributed by atoms with Crippen molar-refractivity contribution in [2.75, 3.05) is 12.0 Å². The number of rotatable bonds is 15. The second kappa shape index (κ2) is 15.2. The average Bonchev–Trinajstić information content (AvgIpc) is 3.36. The number of carbonyl (C=O) groups excluding carboxylic acids is 3. The summed E-state index contributed by atoms with van der Waals surface area (Å²) < 4.78 is 0. The molecule has 41 heavy (non-hydrogen) atoms. The lowest BCUT2D eigenvalue weighted by Crippen LogP contribution is -2.58. The van der Waals surface area contributed by atoms with Crippen LogP contribution in [0.15, 0.2) is 60.8 Å². The number of carbonyl (C=O) groups is 4. The number of aromatic amines is 1. The van der Waals surface area contributed by atoms with Gasteiger partial charge in [-0.05, 0) is 48.0 Å². The van der Waals surface area contributed by atoms with Crippen molar-refractivity contribution < 1.29 is 24.3 Å². The van der Waals surface area contributed by atoms with Crippen LogP contribution in [0.25, 0.3) is 10.9 Å². The van der Waals surface area contributed by atoms with Gasteiger partial charge in [0, 0.05) is 23.5 Å². The molecular formula is C30H39N5O5S. The first-order chi connectivity index (χ1) is 19.6. The molecule has 3 rings (SSSR count). The minimum Gasteiger partial charge on any atom is -0.480 e. The normalized spacial score (nSPS) is 14.2. The van der Waals surface area contributed by atoms with E-state index in [-0.39, 0.29) is 25.2 Å². The Kier molecular flexibility index (Phi) is 11.8. The van der Waals surface area contributed by atoms with E-state index in [0.717, 1.165) is 22.0 Å². The fraction of sp³-hybridized carbons (Fsp3) is 0.400. The van der Waals surface area contributed by atoms with Crippen LogP contribution in [-0.4, -0.2) is 70.0 Å². The first-order valence-corrected chi connectivity index (χ1v) is 15.0. The van der Waals surface area contributed by atoms with E-state index < -0.39 is 47.9 Å². The highest BCUT2D eigenvalue weighted by Crippen LogP contribution is 2.19. The minimum atomic E-state index is -1.17. The summed E-state index contributed by atoms with van der Waals surface area (Å²) in [5.74, 6) is -2.53.